The number of hydrogen-bond acceptors (Lipinski definition) is 5. The molecule has 0 saturated carbocycles. The highest BCUT2D eigenvalue weighted by atomic mass is 16.5. The van der Waals surface area contributed by atoms with Crippen molar-refractivity contribution < 1.29 is 19.1 Å². The fraction of sp³-hybridized carbons (Fsp3) is 0.304. The van der Waals surface area contributed by atoms with Crippen molar-refractivity contribution >= 4 is 22.8 Å². The molecule has 3 aromatic rings. The van der Waals surface area contributed by atoms with Gasteiger partial charge in [0.25, 0.3) is 0 Å². The number of carbonyl (C=O) groups excluding carboxylic acids is 2. The number of esters is 2. The van der Waals surface area contributed by atoms with Gasteiger partial charge < -0.3 is 14.5 Å². The lowest BCUT2D eigenvalue weighted by atomic mass is 9.82. The first-order chi connectivity index (χ1) is 14.1. The molecule has 29 heavy (non-hydrogen) atoms. The average molecular weight is 392 g/mol. The Morgan fingerprint density at radius 1 is 1.00 bits per heavy atom. The topological polar surface area (TPSA) is 71.6 Å². The summed E-state index contributed by atoms with van der Waals surface area (Å²) in [7, 11) is 2.61. The second kappa shape index (κ2) is 7.72. The summed E-state index contributed by atoms with van der Waals surface area (Å²) in [6, 6.07) is 17.9. The monoisotopic (exact) mass is 392 g/mol. The van der Waals surface area contributed by atoms with Gasteiger partial charge in [-0.3, -0.25) is 14.5 Å². The lowest BCUT2D eigenvalue weighted by Gasteiger charge is -2.31. The van der Waals surface area contributed by atoms with Crippen LogP contribution in [0, 0.1) is 0 Å². The molecular weight excluding hydrogens is 368 g/mol. The highest BCUT2D eigenvalue weighted by Crippen LogP contribution is 2.38. The van der Waals surface area contributed by atoms with E-state index in [1.165, 1.54) is 14.2 Å². The van der Waals surface area contributed by atoms with Crippen molar-refractivity contribution in [2.45, 2.75) is 18.4 Å². The predicted molar refractivity (Wildman–Crippen MR) is 109 cm³/mol. The molecule has 0 radical (unpaired) electrons. The summed E-state index contributed by atoms with van der Waals surface area (Å²) < 4.78 is 10.3. The number of carbonyl (C=O) groups is 2. The van der Waals surface area contributed by atoms with Gasteiger partial charge >= 0.3 is 11.9 Å². The molecule has 1 aliphatic heterocycles. The molecule has 6 nitrogen and oxygen atoms in total. The third-order valence-electron chi connectivity index (χ3n) is 5.70. The zero-order chi connectivity index (χ0) is 20.4. The molecule has 1 aliphatic rings. The molecule has 1 aromatic heterocycles. The minimum absolute atomic E-state index is 0.182. The number of ether oxygens (including phenoxy) is 2. The number of nitrogens with one attached hydrogen (secondary N) is 1. The van der Waals surface area contributed by atoms with E-state index in [1.807, 2.05) is 54.6 Å². The standard InChI is InChI=1S/C23H24N2O4/c1-28-21(26)23(22(27)29-2)15-25(14-16-8-4-3-5-9-16)13-12-18-17-10-6-7-11-19(17)24-20(18)23/h3-11,24H,12-15H2,1-2H3. The summed E-state index contributed by atoms with van der Waals surface area (Å²) in [5.74, 6) is -1.23. The van der Waals surface area contributed by atoms with E-state index in [2.05, 4.69) is 9.88 Å². The Kier molecular flexibility index (Phi) is 5.11. The lowest BCUT2D eigenvalue weighted by molar-refractivity contribution is -0.163. The van der Waals surface area contributed by atoms with E-state index in [4.69, 9.17) is 9.47 Å². The van der Waals surface area contributed by atoms with E-state index in [1.54, 1.807) is 0 Å². The van der Waals surface area contributed by atoms with Crippen LogP contribution < -0.4 is 0 Å². The first-order valence-corrected chi connectivity index (χ1v) is 9.63. The smallest absolute Gasteiger partial charge is 0.330 e. The normalized spacial score (nSPS) is 16.1. The highest BCUT2D eigenvalue weighted by Gasteiger charge is 2.54. The molecular formula is C23H24N2O4. The minimum Gasteiger partial charge on any atom is -0.468 e. The van der Waals surface area contributed by atoms with Crippen molar-refractivity contribution in [3.8, 4) is 0 Å². The Balaban J connectivity index is 1.87. The number of benzene rings is 2. The van der Waals surface area contributed by atoms with Crippen LogP contribution in [0.4, 0.5) is 0 Å². The van der Waals surface area contributed by atoms with Gasteiger partial charge in [0.2, 0.25) is 5.41 Å². The number of aromatic nitrogens is 1. The van der Waals surface area contributed by atoms with E-state index in [9.17, 15) is 9.59 Å². The second-order valence-electron chi connectivity index (χ2n) is 7.36. The second-order valence-corrected chi connectivity index (χ2v) is 7.36. The number of fused-ring (bicyclic) bond motifs is 3. The Morgan fingerprint density at radius 2 is 1.66 bits per heavy atom. The first kappa shape index (κ1) is 19.2. The summed E-state index contributed by atoms with van der Waals surface area (Å²) in [6.45, 7) is 1.51. The van der Waals surface area contributed by atoms with Crippen molar-refractivity contribution in [1.82, 2.24) is 9.88 Å². The molecule has 2 heterocycles. The van der Waals surface area contributed by atoms with E-state index in [0.29, 0.717) is 25.2 Å². The molecule has 0 atom stereocenters. The molecule has 0 unspecified atom stereocenters. The van der Waals surface area contributed by atoms with Crippen molar-refractivity contribution in [2.75, 3.05) is 27.3 Å². The van der Waals surface area contributed by atoms with Gasteiger partial charge in [-0.25, -0.2) is 0 Å². The molecule has 4 rings (SSSR count). The molecule has 0 amide bonds. The Hall–Kier alpha value is -3.12. The fourth-order valence-electron chi connectivity index (χ4n) is 4.33. The van der Waals surface area contributed by atoms with Gasteiger partial charge in [-0.1, -0.05) is 48.5 Å². The number of H-pyrrole nitrogens is 1. The molecule has 0 bridgehead atoms. The van der Waals surface area contributed by atoms with Crippen LogP contribution in [-0.2, 0) is 37.4 Å². The zero-order valence-electron chi connectivity index (χ0n) is 16.6. The maximum Gasteiger partial charge on any atom is 0.330 e. The van der Waals surface area contributed by atoms with Gasteiger partial charge in [-0.15, -0.1) is 0 Å². The van der Waals surface area contributed by atoms with Crippen LogP contribution in [0.3, 0.4) is 0 Å². The summed E-state index contributed by atoms with van der Waals surface area (Å²) in [4.78, 5) is 31.7. The molecule has 0 spiro atoms. The predicted octanol–water partition coefficient (Wildman–Crippen LogP) is 2.81. The molecule has 2 aromatic carbocycles. The average Bonchev–Trinajstić information content (AvgIpc) is 3.06. The van der Waals surface area contributed by atoms with Crippen LogP contribution in [-0.4, -0.2) is 49.1 Å². The SMILES string of the molecule is COC(=O)C1(C(=O)OC)CN(Cc2ccccc2)CCc2c1[nH]c1ccccc21. The summed E-state index contributed by atoms with van der Waals surface area (Å²) in [5, 5.41) is 1.02. The molecule has 6 heteroatoms. The molecule has 0 fully saturated rings. The molecule has 0 saturated heterocycles. The number of rotatable bonds is 4. The maximum atomic E-state index is 13.1. The number of nitrogens with zero attached hydrogens (tertiary/aromatic N) is 1. The van der Waals surface area contributed by atoms with Crippen LogP contribution >= 0.6 is 0 Å². The van der Waals surface area contributed by atoms with Crippen LogP contribution in [0.5, 0.6) is 0 Å². The number of methoxy groups -OCH3 is 2. The lowest BCUT2D eigenvalue weighted by Crippen LogP contribution is -2.53. The van der Waals surface area contributed by atoms with Crippen molar-refractivity contribution in [3.05, 3.63) is 71.4 Å². The third-order valence-corrected chi connectivity index (χ3v) is 5.70. The van der Waals surface area contributed by atoms with Crippen LogP contribution in [0.25, 0.3) is 10.9 Å². The largest absolute Gasteiger partial charge is 0.468 e. The van der Waals surface area contributed by atoms with Gasteiger partial charge in [-0.2, -0.15) is 0 Å². The number of para-hydroxylation sites is 1. The van der Waals surface area contributed by atoms with E-state index < -0.39 is 17.4 Å². The molecule has 150 valence electrons. The number of hydrogen-bond donors (Lipinski definition) is 1. The van der Waals surface area contributed by atoms with Gasteiger partial charge in [0.05, 0.1) is 14.2 Å². The van der Waals surface area contributed by atoms with Crippen LogP contribution in [0.15, 0.2) is 54.6 Å². The molecule has 1 N–H and O–H groups in total. The quantitative estimate of drug-likeness (QED) is 0.546. The van der Waals surface area contributed by atoms with Crippen LogP contribution in [0.2, 0.25) is 0 Å². The number of aromatic amines is 1. The minimum atomic E-state index is -1.57. The van der Waals surface area contributed by atoms with Crippen molar-refractivity contribution in [1.29, 1.82) is 0 Å². The van der Waals surface area contributed by atoms with Gasteiger partial charge in [0.1, 0.15) is 0 Å². The maximum absolute atomic E-state index is 13.1. The summed E-state index contributed by atoms with van der Waals surface area (Å²) in [5.41, 5.74) is 1.99. The van der Waals surface area contributed by atoms with Gasteiger partial charge in [0, 0.05) is 36.2 Å². The first-order valence-electron chi connectivity index (χ1n) is 9.63. The zero-order valence-corrected chi connectivity index (χ0v) is 16.6. The highest BCUT2D eigenvalue weighted by molar-refractivity contribution is 6.08. The molecule has 0 aliphatic carbocycles. The third kappa shape index (κ3) is 3.19. The van der Waals surface area contributed by atoms with Crippen LogP contribution in [0.1, 0.15) is 16.8 Å². The van der Waals surface area contributed by atoms with E-state index in [0.717, 1.165) is 22.0 Å². The fourth-order valence-corrected chi connectivity index (χ4v) is 4.33. The van der Waals surface area contributed by atoms with Crippen molar-refractivity contribution in [3.63, 3.8) is 0 Å². The Bertz CT molecular complexity index is 1030. The van der Waals surface area contributed by atoms with Gasteiger partial charge in [-0.05, 0) is 23.6 Å². The van der Waals surface area contributed by atoms with Crippen molar-refractivity contribution in [2.24, 2.45) is 0 Å². The van der Waals surface area contributed by atoms with E-state index in [-0.39, 0.29) is 6.54 Å². The summed E-state index contributed by atoms with van der Waals surface area (Å²) >= 11 is 0. The summed E-state index contributed by atoms with van der Waals surface area (Å²) in [6.07, 6.45) is 0.710. The van der Waals surface area contributed by atoms with E-state index >= 15 is 0 Å². The Labute approximate surface area is 169 Å². The Morgan fingerprint density at radius 3 is 2.34 bits per heavy atom. The van der Waals surface area contributed by atoms with Gasteiger partial charge in [0.15, 0.2) is 0 Å².